The lowest BCUT2D eigenvalue weighted by molar-refractivity contribution is 0.206. The van der Waals surface area contributed by atoms with Gasteiger partial charge in [0.05, 0.1) is 0 Å². The quantitative estimate of drug-likeness (QED) is 0.595. The van der Waals surface area contributed by atoms with Crippen molar-refractivity contribution in [3.05, 3.63) is 35.1 Å². The van der Waals surface area contributed by atoms with Gasteiger partial charge in [-0.05, 0) is 54.7 Å². The molecule has 0 bridgehead atoms. The summed E-state index contributed by atoms with van der Waals surface area (Å²) in [4.78, 5) is 0. The van der Waals surface area contributed by atoms with Crippen molar-refractivity contribution in [3.8, 4) is 0 Å². The van der Waals surface area contributed by atoms with E-state index in [-0.39, 0.29) is 0 Å². The molecular weight excluding hydrogens is 273 g/mol. The van der Waals surface area contributed by atoms with Crippen molar-refractivity contribution in [1.82, 2.24) is 0 Å². The van der Waals surface area contributed by atoms with Crippen LogP contribution in [0.3, 0.4) is 0 Å². The monoisotopic (exact) mass is 298 g/mol. The van der Waals surface area contributed by atoms with E-state index in [1.54, 1.807) is 0 Å². The summed E-state index contributed by atoms with van der Waals surface area (Å²) < 4.78 is 39.5. The van der Waals surface area contributed by atoms with Gasteiger partial charge in [-0.1, -0.05) is 39.5 Å². The Morgan fingerprint density at radius 2 is 1.62 bits per heavy atom. The molecular formula is C18H25F3. The van der Waals surface area contributed by atoms with E-state index in [1.165, 1.54) is 38.5 Å². The van der Waals surface area contributed by atoms with E-state index in [9.17, 15) is 13.2 Å². The first kappa shape index (κ1) is 16.4. The Labute approximate surface area is 125 Å². The van der Waals surface area contributed by atoms with E-state index < -0.39 is 17.5 Å². The lowest BCUT2D eigenvalue weighted by Crippen LogP contribution is -2.21. The number of halogens is 3. The zero-order valence-electron chi connectivity index (χ0n) is 13.0. The minimum absolute atomic E-state index is 0.386. The summed E-state index contributed by atoms with van der Waals surface area (Å²) in [6.07, 6.45) is 8.14. The molecule has 0 amide bonds. The molecule has 1 aliphatic carbocycles. The highest BCUT2D eigenvalue weighted by molar-refractivity contribution is 5.20. The summed E-state index contributed by atoms with van der Waals surface area (Å²) in [6.45, 7) is 4.37. The van der Waals surface area contributed by atoms with Gasteiger partial charge in [-0.2, -0.15) is 0 Å². The van der Waals surface area contributed by atoms with Gasteiger partial charge < -0.3 is 0 Å². The Balaban J connectivity index is 1.92. The smallest absolute Gasteiger partial charge is 0.194 e. The maximum atomic E-state index is 13.3. The molecule has 1 unspecified atom stereocenters. The van der Waals surface area contributed by atoms with E-state index >= 15 is 0 Å². The van der Waals surface area contributed by atoms with Crippen molar-refractivity contribution in [2.75, 3.05) is 0 Å². The van der Waals surface area contributed by atoms with Gasteiger partial charge >= 0.3 is 0 Å². The predicted octanol–water partition coefficient (Wildman–Crippen LogP) is 5.89. The van der Waals surface area contributed by atoms with Crippen LogP contribution in [0.1, 0.15) is 57.9 Å². The average Bonchev–Trinajstić information content (AvgIpc) is 2.45. The first-order valence-corrected chi connectivity index (χ1v) is 8.14. The standard InChI is InChI=1S/C18H25F3/c1-3-4-13-5-7-15(8-6-13)12(2)9-14-10-16(19)18(21)17(20)11-14/h10-13,15H,3-9H2,1-2H3. The molecule has 1 saturated carbocycles. The molecule has 0 nitrogen and oxygen atoms in total. The molecule has 21 heavy (non-hydrogen) atoms. The van der Waals surface area contributed by atoms with Crippen LogP contribution in [0.15, 0.2) is 12.1 Å². The fraction of sp³-hybridized carbons (Fsp3) is 0.667. The van der Waals surface area contributed by atoms with Gasteiger partial charge in [0.25, 0.3) is 0 Å². The van der Waals surface area contributed by atoms with Crippen molar-refractivity contribution < 1.29 is 13.2 Å². The van der Waals surface area contributed by atoms with E-state index in [1.807, 2.05) is 0 Å². The number of hydrogen-bond donors (Lipinski definition) is 0. The highest BCUT2D eigenvalue weighted by Crippen LogP contribution is 2.36. The van der Waals surface area contributed by atoms with Gasteiger partial charge in [-0.3, -0.25) is 0 Å². The molecule has 2 rings (SSSR count). The summed E-state index contributed by atoms with van der Waals surface area (Å²) in [7, 11) is 0. The lowest BCUT2D eigenvalue weighted by Gasteiger charge is -2.32. The molecule has 0 aliphatic heterocycles. The normalized spacial score (nSPS) is 24.0. The lowest BCUT2D eigenvalue weighted by atomic mass is 9.74. The minimum atomic E-state index is -1.37. The number of hydrogen-bond acceptors (Lipinski definition) is 0. The number of rotatable bonds is 5. The van der Waals surface area contributed by atoms with Crippen LogP contribution in [0.5, 0.6) is 0 Å². The molecule has 1 aliphatic rings. The van der Waals surface area contributed by atoms with Crippen LogP contribution in [0.25, 0.3) is 0 Å². The molecule has 0 saturated heterocycles. The average molecular weight is 298 g/mol. The molecule has 1 fully saturated rings. The van der Waals surface area contributed by atoms with Crippen molar-refractivity contribution in [3.63, 3.8) is 0 Å². The third kappa shape index (κ3) is 4.24. The topological polar surface area (TPSA) is 0 Å². The molecule has 1 aromatic rings. The molecule has 0 heterocycles. The maximum absolute atomic E-state index is 13.3. The van der Waals surface area contributed by atoms with Gasteiger partial charge in [0.15, 0.2) is 17.5 Å². The summed E-state index contributed by atoms with van der Waals surface area (Å²) in [5, 5.41) is 0. The van der Waals surface area contributed by atoms with E-state index in [4.69, 9.17) is 0 Å². The van der Waals surface area contributed by atoms with Crippen LogP contribution in [0.4, 0.5) is 13.2 Å². The highest BCUT2D eigenvalue weighted by atomic mass is 19.2. The molecule has 3 heteroatoms. The maximum Gasteiger partial charge on any atom is 0.194 e. The van der Waals surface area contributed by atoms with E-state index in [2.05, 4.69) is 13.8 Å². The van der Waals surface area contributed by atoms with Crippen molar-refractivity contribution >= 4 is 0 Å². The Morgan fingerprint density at radius 1 is 1.05 bits per heavy atom. The van der Waals surface area contributed by atoms with Gasteiger partial charge in [0.2, 0.25) is 0 Å². The van der Waals surface area contributed by atoms with E-state index in [0.29, 0.717) is 23.8 Å². The van der Waals surface area contributed by atoms with Gasteiger partial charge in [0, 0.05) is 0 Å². The zero-order chi connectivity index (χ0) is 15.4. The summed E-state index contributed by atoms with van der Waals surface area (Å²) in [6, 6.07) is 2.27. The molecule has 0 aromatic heterocycles. The van der Waals surface area contributed by atoms with Crippen LogP contribution in [-0.4, -0.2) is 0 Å². The molecule has 0 radical (unpaired) electrons. The van der Waals surface area contributed by atoms with Crippen LogP contribution in [-0.2, 0) is 6.42 Å². The second-order valence-corrected chi connectivity index (χ2v) is 6.62. The summed E-state index contributed by atoms with van der Waals surface area (Å²) in [5.41, 5.74) is 0.564. The van der Waals surface area contributed by atoms with Crippen LogP contribution < -0.4 is 0 Å². The van der Waals surface area contributed by atoms with Crippen molar-refractivity contribution in [2.45, 2.75) is 58.8 Å². The van der Waals surface area contributed by atoms with Gasteiger partial charge in [0.1, 0.15) is 0 Å². The fourth-order valence-corrected chi connectivity index (χ4v) is 3.72. The first-order chi connectivity index (χ1) is 10.0. The summed E-state index contributed by atoms with van der Waals surface area (Å²) in [5.74, 6) is -1.66. The molecule has 118 valence electrons. The fourth-order valence-electron chi connectivity index (χ4n) is 3.72. The highest BCUT2D eigenvalue weighted by Gasteiger charge is 2.25. The Kier molecular flexibility index (Phi) is 5.72. The Bertz CT molecular complexity index is 439. The molecule has 1 atom stereocenters. The van der Waals surface area contributed by atoms with Crippen LogP contribution in [0.2, 0.25) is 0 Å². The van der Waals surface area contributed by atoms with Crippen LogP contribution >= 0.6 is 0 Å². The first-order valence-electron chi connectivity index (χ1n) is 8.14. The zero-order valence-corrected chi connectivity index (χ0v) is 13.0. The second kappa shape index (κ2) is 7.33. The van der Waals surface area contributed by atoms with Gasteiger partial charge in [-0.25, -0.2) is 13.2 Å². The third-order valence-electron chi connectivity index (χ3n) is 4.99. The Morgan fingerprint density at radius 3 is 2.14 bits per heavy atom. The summed E-state index contributed by atoms with van der Waals surface area (Å²) >= 11 is 0. The molecule has 0 N–H and O–H groups in total. The van der Waals surface area contributed by atoms with Gasteiger partial charge in [-0.15, -0.1) is 0 Å². The van der Waals surface area contributed by atoms with E-state index in [0.717, 1.165) is 18.1 Å². The largest absolute Gasteiger partial charge is 0.204 e. The minimum Gasteiger partial charge on any atom is -0.204 e. The van der Waals surface area contributed by atoms with Crippen molar-refractivity contribution in [1.29, 1.82) is 0 Å². The second-order valence-electron chi connectivity index (χ2n) is 6.62. The Hall–Kier alpha value is -0.990. The predicted molar refractivity (Wildman–Crippen MR) is 79.5 cm³/mol. The molecule has 1 aromatic carbocycles. The molecule has 0 spiro atoms. The van der Waals surface area contributed by atoms with Crippen molar-refractivity contribution in [2.24, 2.45) is 17.8 Å². The third-order valence-corrected chi connectivity index (χ3v) is 4.99. The SMILES string of the molecule is CCCC1CCC(C(C)Cc2cc(F)c(F)c(F)c2)CC1. The number of benzene rings is 1. The van der Waals surface area contributed by atoms with Crippen LogP contribution in [0, 0.1) is 35.2 Å².